The van der Waals surface area contributed by atoms with E-state index in [1.807, 2.05) is 6.07 Å². The predicted molar refractivity (Wildman–Crippen MR) is 479 cm³/mol. The predicted octanol–water partition coefficient (Wildman–Crippen LogP) is 26.3. The Balaban J connectivity index is 0.00000561. The van der Waals surface area contributed by atoms with Crippen LogP contribution in [0.4, 0.5) is 0 Å². The average Bonchev–Trinajstić information content (AvgIpc) is 0.757. The number of aromatic nitrogens is 10. The third-order valence-electron chi connectivity index (χ3n) is 21.7. The normalized spacial score (nSPS) is 11.7. The molecule has 10 nitrogen and oxygen atoms in total. The summed E-state index contributed by atoms with van der Waals surface area (Å²) in [4.78, 5) is 46.8. The number of benzene rings is 12. The van der Waals surface area contributed by atoms with E-state index < -0.39 is 0 Å². The van der Waals surface area contributed by atoms with Gasteiger partial charge in [-0.1, -0.05) is 273 Å². The second-order valence-electron chi connectivity index (χ2n) is 34.1. The van der Waals surface area contributed by atoms with E-state index in [0.29, 0.717) is 11.4 Å². The van der Waals surface area contributed by atoms with Crippen molar-refractivity contribution in [3.05, 3.63) is 364 Å². The van der Waals surface area contributed by atoms with Crippen molar-refractivity contribution in [2.75, 3.05) is 0 Å². The van der Waals surface area contributed by atoms with Crippen molar-refractivity contribution in [1.29, 1.82) is 0 Å². The van der Waals surface area contributed by atoms with Gasteiger partial charge >= 0.3 is 40.2 Å². The van der Waals surface area contributed by atoms with Crippen molar-refractivity contribution in [2.45, 2.75) is 105 Å². The van der Waals surface area contributed by atoms with Crippen molar-refractivity contribution in [1.82, 2.24) is 49.8 Å². The van der Waals surface area contributed by atoms with E-state index in [1.165, 1.54) is 0 Å². The van der Waals surface area contributed by atoms with Crippen LogP contribution in [0.15, 0.2) is 305 Å². The van der Waals surface area contributed by atoms with Gasteiger partial charge in [-0.05, 0) is 138 Å². The van der Waals surface area contributed by atoms with Gasteiger partial charge in [0.2, 0.25) is 0 Å². The fourth-order valence-corrected chi connectivity index (χ4v) is 15.2. The van der Waals surface area contributed by atoms with Crippen molar-refractivity contribution in [3.63, 3.8) is 0 Å². The molecular formula is C108H86Ir2N10. The zero-order valence-corrected chi connectivity index (χ0v) is 73.8. The molecule has 0 aliphatic heterocycles. The molecule has 0 amide bonds. The molecule has 0 aliphatic carbocycles. The zero-order valence-electron chi connectivity index (χ0n) is 69.0. The summed E-state index contributed by atoms with van der Waals surface area (Å²) in [7, 11) is 0. The molecule has 0 saturated carbocycles. The number of hydrogen-bond donors (Lipinski definition) is 0. The van der Waals surface area contributed by atoms with Crippen molar-refractivity contribution in [3.8, 4) is 179 Å². The van der Waals surface area contributed by atoms with Crippen LogP contribution in [0.5, 0.6) is 0 Å². The van der Waals surface area contributed by atoms with Gasteiger partial charge in [0.05, 0.1) is 0 Å². The largest absolute Gasteiger partial charge is 3.00 e. The molecule has 5 aromatic heterocycles. The number of rotatable bonds is 16. The Hall–Kier alpha value is -12.7. The van der Waals surface area contributed by atoms with Crippen LogP contribution in [0, 0.1) is 36.4 Å². The fraction of sp³-hybridized carbons (Fsp3) is 0.148. The third-order valence-corrected chi connectivity index (χ3v) is 21.7. The summed E-state index contributed by atoms with van der Waals surface area (Å²) in [6.07, 6.45) is 10.1. The minimum Gasteiger partial charge on any atom is -0.333 e. The van der Waals surface area contributed by atoms with Gasteiger partial charge in [-0.2, -0.15) is 5.56 Å². The van der Waals surface area contributed by atoms with Crippen molar-refractivity contribution in [2.24, 2.45) is 0 Å². The molecule has 0 unspecified atom stereocenters. The second kappa shape index (κ2) is 34.4. The van der Waals surface area contributed by atoms with Gasteiger partial charge in [-0.15, -0.1) is 119 Å². The molecule has 17 rings (SSSR count). The van der Waals surface area contributed by atoms with E-state index in [1.54, 1.807) is 37.7 Å². The quantitative estimate of drug-likeness (QED) is 0.0862. The number of nitrogens with zero attached hydrogens (tertiary/aromatic N) is 10. The summed E-state index contributed by atoms with van der Waals surface area (Å²) in [5, 5.41) is 0. The van der Waals surface area contributed by atoms with Crippen LogP contribution < -0.4 is 0 Å². The maximum Gasteiger partial charge on any atom is 3.00 e. The van der Waals surface area contributed by atoms with Crippen LogP contribution >= 0.6 is 0 Å². The molecular weight excluding hydrogens is 1820 g/mol. The Kier molecular flexibility index (Phi) is 23.6. The first-order valence-corrected chi connectivity index (χ1v) is 39.9. The maximum atomic E-state index is 4.73. The molecule has 12 aromatic carbocycles. The fourth-order valence-electron chi connectivity index (χ4n) is 15.2. The minimum absolute atomic E-state index is 0. The SMILES string of the molecule is CC(C)(C)c1cc(-c2[c-]cc(-c3ccccc3-c3cc(-c4ccccc4-c4c[c-]c(-c5cc(C(C)(C)C)ncn5)cc4)cc(-c4cccc(-c5cc(-c6ccccc6-c6c[c-]c(-c7cc(C(C)(C)C)ncn7)cc6)cc(-c6ccccc6-c6c[c-]c(-c7cc(C(C)(C)C)ncn7)cc6)c5)c4-c4c[c-]c(-c5ncccn5)[c-]c4)c3)cc2)ncn1.[Ir+3].[Ir+3]. The topological polar surface area (TPSA) is 129 Å². The molecule has 0 N–H and O–H groups in total. The van der Waals surface area contributed by atoms with E-state index in [0.717, 1.165) is 190 Å². The minimum atomic E-state index is -0.156. The monoisotopic (exact) mass is 1910 g/mol. The van der Waals surface area contributed by atoms with Gasteiger partial charge in [-0.25, -0.2) is 37.6 Å². The van der Waals surface area contributed by atoms with Crippen LogP contribution in [0.3, 0.4) is 0 Å². The van der Waals surface area contributed by atoms with Gasteiger partial charge in [0.1, 0.15) is 25.3 Å². The van der Waals surface area contributed by atoms with Crippen molar-refractivity contribution < 1.29 is 40.2 Å². The molecule has 0 saturated heterocycles. The van der Waals surface area contributed by atoms with Crippen LogP contribution in [0.1, 0.15) is 106 Å². The average molecular weight is 1910 g/mol. The molecule has 0 spiro atoms. The molecule has 586 valence electrons. The Morgan fingerprint density at radius 2 is 0.442 bits per heavy atom. The zero-order chi connectivity index (χ0) is 81.5. The first kappa shape index (κ1) is 82.4. The summed E-state index contributed by atoms with van der Waals surface area (Å²) in [5.74, 6) is 0.533. The second-order valence-corrected chi connectivity index (χ2v) is 34.1. The Morgan fingerprint density at radius 1 is 0.208 bits per heavy atom. The Labute approximate surface area is 731 Å². The molecule has 5 heterocycles. The van der Waals surface area contributed by atoms with Gasteiger partial charge in [-0.3, -0.25) is 32.1 Å². The molecule has 0 atom stereocenters. The Bertz CT molecular complexity index is 5880. The maximum absolute atomic E-state index is 4.73. The molecule has 0 aliphatic rings. The van der Waals surface area contributed by atoms with E-state index in [4.69, 9.17) is 19.9 Å². The van der Waals surface area contributed by atoms with Gasteiger partial charge in [0.25, 0.3) is 0 Å². The van der Waals surface area contributed by atoms with Gasteiger partial charge < -0.3 is 9.97 Å². The van der Waals surface area contributed by atoms with Crippen molar-refractivity contribution >= 4 is 0 Å². The van der Waals surface area contributed by atoms with E-state index in [9.17, 15) is 0 Å². The van der Waals surface area contributed by atoms with E-state index >= 15 is 0 Å². The van der Waals surface area contributed by atoms with Crippen LogP contribution in [-0.4, -0.2) is 49.8 Å². The molecule has 120 heavy (non-hydrogen) atoms. The van der Waals surface area contributed by atoms with Gasteiger partial charge in [0, 0.05) is 56.8 Å². The molecule has 0 radical (unpaired) electrons. The third kappa shape index (κ3) is 17.6. The summed E-state index contributed by atoms with van der Waals surface area (Å²) in [6, 6.07) is 117. The standard InChI is InChI=1S/C108H86N10.2Ir/c1-105(2,3)99-61-95(111-65-115-99)73-41-33-69(34-42-73)85-23-13-17-27-89(85)79-55-80(90-28-18-14-24-86(90)70-35-43-74(44-36-70)96-62-100(106(4,5)6)116-66-112-96)58-83(57-79)93-31-21-32-94(103(93)77-49-51-78(52-50-77)104-109-53-22-54-110-104)84-59-81(91-29-19-15-25-87(91)71-37-45-75(46-38-71)97-63-101(107(7,8)9)117-67-113-97)56-82(60-84)92-30-20-16-26-88(92)72-39-47-76(48-40-72)98-64-102(108(10,11)12)118-68-114-98;;/h13-41,43,45,47,49-50,53-68H,1-12H3;;/q-6;2*+3. The summed E-state index contributed by atoms with van der Waals surface area (Å²) in [5.41, 5.74) is 33.1. The smallest absolute Gasteiger partial charge is 0.333 e. The first-order chi connectivity index (χ1) is 57.0. The summed E-state index contributed by atoms with van der Waals surface area (Å²) >= 11 is 0. The van der Waals surface area contributed by atoms with Crippen LogP contribution in [0.2, 0.25) is 0 Å². The molecule has 12 heteroatoms. The molecule has 0 bridgehead atoms. The molecule has 0 fully saturated rings. The number of hydrogen-bond acceptors (Lipinski definition) is 10. The first-order valence-electron chi connectivity index (χ1n) is 39.9. The van der Waals surface area contributed by atoms with Crippen LogP contribution in [-0.2, 0) is 61.9 Å². The summed E-state index contributed by atoms with van der Waals surface area (Å²) in [6.45, 7) is 26.0. The van der Waals surface area contributed by atoms with E-state index in [2.05, 4.69) is 410 Å². The van der Waals surface area contributed by atoms with E-state index in [-0.39, 0.29) is 61.9 Å². The molecule has 17 aromatic rings. The Morgan fingerprint density at radius 3 is 0.683 bits per heavy atom. The summed E-state index contributed by atoms with van der Waals surface area (Å²) < 4.78 is 0. The van der Waals surface area contributed by atoms with Crippen LogP contribution in [0.25, 0.3) is 179 Å². The van der Waals surface area contributed by atoms with Gasteiger partial charge in [0.15, 0.2) is 0 Å².